The third-order valence-corrected chi connectivity index (χ3v) is 5.44. The van der Waals surface area contributed by atoms with Crippen molar-refractivity contribution in [3.63, 3.8) is 0 Å². The van der Waals surface area contributed by atoms with Crippen LogP contribution in [0.15, 0.2) is 0 Å². The van der Waals surface area contributed by atoms with Gasteiger partial charge in [0.1, 0.15) is 0 Å². The van der Waals surface area contributed by atoms with Gasteiger partial charge in [-0.1, -0.05) is 6.92 Å². The second kappa shape index (κ2) is 7.48. The Morgan fingerprint density at radius 1 is 1.25 bits per heavy atom. The lowest BCUT2D eigenvalue weighted by Gasteiger charge is -2.24. The van der Waals surface area contributed by atoms with E-state index >= 15 is 0 Å². The van der Waals surface area contributed by atoms with Crippen LogP contribution in [0, 0.1) is 0 Å². The molecule has 0 spiro atoms. The molecule has 0 radical (unpaired) electrons. The highest BCUT2D eigenvalue weighted by Gasteiger charge is 2.26. The summed E-state index contributed by atoms with van der Waals surface area (Å²) in [6.45, 7) is 5.47. The molecule has 0 aromatic rings. The summed E-state index contributed by atoms with van der Waals surface area (Å²) in [5, 5.41) is -0.506. The lowest BCUT2D eigenvalue weighted by molar-refractivity contribution is 0.354. The van der Waals surface area contributed by atoms with Crippen molar-refractivity contribution >= 4 is 21.6 Å². The van der Waals surface area contributed by atoms with Crippen molar-refractivity contribution in [2.75, 3.05) is 39.6 Å². The summed E-state index contributed by atoms with van der Waals surface area (Å²) in [7, 11) is 0.740. The minimum atomic E-state index is -3.22. The predicted molar refractivity (Wildman–Crippen MR) is 69.5 cm³/mol. The summed E-state index contributed by atoms with van der Waals surface area (Å²) < 4.78 is 25.5. The molecule has 0 fully saturated rings. The van der Waals surface area contributed by atoms with Crippen LogP contribution in [0.1, 0.15) is 20.3 Å². The first-order chi connectivity index (χ1) is 7.36. The summed E-state index contributed by atoms with van der Waals surface area (Å²) in [6, 6.07) is 0. The van der Waals surface area contributed by atoms with Crippen LogP contribution in [-0.4, -0.2) is 62.5 Å². The highest BCUT2D eigenvalue weighted by atomic mass is 35.5. The highest BCUT2D eigenvalue weighted by molar-refractivity contribution is 7.89. The molecule has 0 saturated carbocycles. The smallest absolute Gasteiger partial charge is 0.217 e. The molecule has 0 heterocycles. The van der Waals surface area contributed by atoms with Crippen molar-refractivity contribution in [3.8, 4) is 0 Å². The van der Waals surface area contributed by atoms with Crippen LogP contribution < -0.4 is 0 Å². The van der Waals surface area contributed by atoms with E-state index in [2.05, 4.69) is 0 Å². The van der Waals surface area contributed by atoms with E-state index in [4.69, 9.17) is 11.6 Å². The predicted octanol–water partition coefficient (Wildman–Crippen LogP) is 1.22. The Bertz CT molecular complexity index is 281. The summed E-state index contributed by atoms with van der Waals surface area (Å²) >= 11 is 5.61. The van der Waals surface area contributed by atoms with Gasteiger partial charge in [-0.2, -0.15) is 0 Å². The molecule has 0 aromatic heterocycles. The van der Waals surface area contributed by atoms with E-state index in [1.807, 2.05) is 25.9 Å². The van der Waals surface area contributed by atoms with E-state index < -0.39 is 15.3 Å². The molecule has 0 saturated heterocycles. The van der Waals surface area contributed by atoms with Crippen molar-refractivity contribution in [3.05, 3.63) is 0 Å². The molecule has 0 N–H and O–H groups in total. The molecule has 1 atom stereocenters. The van der Waals surface area contributed by atoms with Gasteiger partial charge in [0.2, 0.25) is 10.0 Å². The van der Waals surface area contributed by atoms with Crippen molar-refractivity contribution in [1.82, 2.24) is 9.21 Å². The Balaban J connectivity index is 4.38. The summed E-state index contributed by atoms with van der Waals surface area (Å²) in [4.78, 5) is 2.05. The van der Waals surface area contributed by atoms with Gasteiger partial charge >= 0.3 is 0 Å². The molecule has 4 nitrogen and oxygen atoms in total. The molecule has 16 heavy (non-hydrogen) atoms. The van der Waals surface area contributed by atoms with E-state index in [-0.39, 0.29) is 5.88 Å². The van der Waals surface area contributed by atoms with Crippen molar-refractivity contribution in [2.45, 2.75) is 25.5 Å². The first kappa shape index (κ1) is 16.2. The molecule has 0 aliphatic rings. The standard InChI is InChI=1S/C10H23ClN2O2S/c1-5-13(8-6-7-12(3)4)16(14,15)10(2)9-11/h10H,5-9H2,1-4H3. The number of nitrogens with zero attached hydrogens (tertiary/aromatic N) is 2. The summed E-state index contributed by atoms with van der Waals surface area (Å²) in [6.07, 6.45) is 0.842. The molecule has 0 rings (SSSR count). The third-order valence-electron chi connectivity index (χ3n) is 2.45. The Kier molecular flexibility index (Phi) is 7.55. The Morgan fingerprint density at radius 2 is 1.81 bits per heavy atom. The normalized spacial score (nSPS) is 14.7. The minimum absolute atomic E-state index is 0.145. The van der Waals surface area contributed by atoms with Gasteiger partial charge in [0.05, 0.1) is 5.25 Å². The van der Waals surface area contributed by atoms with Crippen LogP contribution in [0.4, 0.5) is 0 Å². The van der Waals surface area contributed by atoms with Gasteiger partial charge in [-0.25, -0.2) is 12.7 Å². The van der Waals surface area contributed by atoms with Crippen LogP contribution in [0.25, 0.3) is 0 Å². The number of halogens is 1. The maximum Gasteiger partial charge on any atom is 0.217 e. The van der Waals surface area contributed by atoms with Gasteiger partial charge in [-0.15, -0.1) is 11.6 Å². The number of sulfonamides is 1. The van der Waals surface area contributed by atoms with Gasteiger partial charge in [0.25, 0.3) is 0 Å². The Morgan fingerprint density at radius 3 is 2.19 bits per heavy atom. The fourth-order valence-corrected chi connectivity index (χ4v) is 3.25. The molecule has 0 amide bonds. The number of rotatable bonds is 8. The van der Waals surface area contributed by atoms with Gasteiger partial charge in [0.15, 0.2) is 0 Å². The van der Waals surface area contributed by atoms with Gasteiger partial charge < -0.3 is 4.90 Å². The maximum atomic E-state index is 12.0. The molecule has 98 valence electrons. The molecule has 1 unspecified atom stereocenters. The SMILES string of the molecule is CCN(CCCN(C)C)S(=O)(=O)C(C)CCl. The molecule has 0 aliphatic heterocycles. The number of hydrogen-bond acceptors (Lipinski definition) is 3. The first-order valence-electron chi connectivity index (χ1n) is 5.55. The lowest BCUT2D eigenvalue weighted by Crippen LogP contribution is -2.39. The van der Waals surface area contributed by atoms with Crippen LogP contribution in [0.5, 0.6) is 0 Å². The van der Waals surface area contributed by atoms with E-state index in [9.17, 15) is 8.42 Å². The lowest BCUT2D eigenvalue weighted by atomic mass is 10.4. The van der Waals surface area contributed by atoms with E-state index in [0.717, 1.165) is 13.0 Å². The zero-order valence-electron chi connectivity index (χ0n) is 10.6. The molecular formula is C10H23ClN2O2S. The first-order valence-corrected chi connectivity index (χ1v) is 7.59. The monoisotopic (exact) mass is 270 g/mol. The second-order valence-corrected chi connectivity index (χ2v) is 6.82. The largest absolute Gasteiger partial charge is 0.309 e. The minimum Gasteiger partial charge on any atom is -0.309 e. The fourth-order valence-electron chi connectivity index (χ4n) is 1.36. The summed E-state index contributed by atoms with van der Waals surface area (Å²) in [5.74, 6) is 0.145. The molecule has 0 bridgehead atoms. The van der Waals surface area contributed by atoms with Crippen molar-refractivity contribution in [1.29, 1.82) is 0 Å². The zero-order valence-corrected chi connectivity index (χ0v) is 12.2. The Labute approximate surface area is 105 Å². The van der Waals surface area contributed by atoms with Crippen LogP contribution >= 0.6 is 11.6 Å². The average Bonchev–Trinajstić information content (AvgIpc) is 2.22. The van der Waals surface area contributed by atoms with Crippen LogP contribution in [0.2, 0.25) is 0 Å². The van der Waals surface area contributed by atoms with Crippen LogP contribution in [-0.2, 0) is 10.0 Å². The zero-order chi connectivity index (χ0) is 12.8. The van der Waals surface area contributed by atoms with E-state index in [1.165, 1.54) is 4.31 Å². The van der Waals surface area contributed by atoms with E-state index in [0.29, 0.717) is 13.1 Å². The van der Waals surface area contributed by atoms with Gasteiger partial charge in [-0.05, 0) is 34.0 Å². The maximum absolute atomic E-state index is 12.0. The molecule has 6 heteroatoms. The van der Waals surface area contributed by atoms with Crippen molar-refractivity contribution < 1.29 is 8.42 Å². The third kappa shape index (κ3) is 4.99. The van der Waals surface area contributed by atoms with Crippen LogP contribution in [0.3, 0.4) is 0 Å². The molecular weight excluding hydrogens is 248 g/mol. The van der Waals surface area contributed by atoms with Gasteiger partial charge in [-0.3, -0.25) is 0 Å². The number of hydrogen-bond donors (Lipinski definition) is 0. The number of alkyl halides is 1. The van der Waals surface area contributed by atoms with E-state index in [1.54, 1.807) is 6.92 Å². The average molecular weight is 271 g/mol. The molecule has 0 aromatic carbocycles. The summed E-state index contributed by atoms with van der Waals surface area (Å²) in [5.41, 5.74) is 0. The van der Waals surface area contributed by atoms with Crippen molar-refractivity contribution in [2.24, 2.45) is 0 Å². The molecule has 0 aliphatic carbocycles. The highest BCUT2D eigenvalue weighted by Crippen LogP contribution is 2.10. The fraction of sp³-hybridized carbons (Fsp3) is 1.00. The second-order valence-electron chi connectivity index (χ2n) is 4.16. The topological polar surface area (TPSA) is 40.6 Å². The Hall–Kier alpha value is 0.160. The van der Waals surface area contributed by atoms with Gasteiger partial charge in [0, 0.05) is 19.0 Å². The quantitative estimate of drug-likeness (QED) is 0.623.